The highest BCUT2D eigenvalue weighted by molar-refractivity contribution is 7.19. The number of amides is 2. The molecule has 0 saturated carbocycles. The summed E-state index contributed by atoms with van der Waals surface area (Å²) in [5.41, 5.74) is 0.990. The van der Waals surface area contributed by atoms with E-state index in [-0.39, 0.29) is 28.7 Å². The number of carbonyl (C=O) groups is 3. The predicted molar refractivity (Wildman–Crippen MR) is 132 cm³/mol. The molecule has 0 spiro atoms. The van der Waals surface area contributed by atoms with Gasteiger partial charge in [0.2, 0.25) is 0 Å². The maximum Gasteiger partial charge on any atom is 0.341 e. The van der Waals surface area contributed by atoms with Crippen molar-refractivity contribution in [1.29, 1.82) is 0 Å². The van der Waals surface area contributed by atoms with Crippen LogP contribution in [0.5, 0.6) is 11.5 Å². The van der Waals surface area contributed by atoms with Gasteiger partial charge in [-0.05, 0) is 55.8 Å². The summed E-state index contributed by atoms with van der Waals surface area (Å²) in [5, 5.41) is 6.18. The molecule has 2 amide bonds. The molecule has 3 rings (SSSR count). The molecule has 8 nitrogen and oxygen atoms in total. The Labute approximate surface area is 205 Å². The van der Waals surface area contributed by atoms with Crippen molar-refractivity contribution in [2.75, 3.05) is 31.0 Å². The first-order chi connectivity index (χ1) is 16.3. The van der Waals surface area contributed by atoms with E-state index in [1.165, 1.54) is 7.11 Å². The molecule has 3 aromatic rings. The van der Waals surface area contributed by atoms with Crippen molar-refractivity contribution in [1.82, 2.24) is 0 Å². The number of benzene rings is 2. The summed E-state index contributed by atoms with van der Waals surface area (Å²) >= 11 is 6.82. The molecule has 0 aliphatic rings. The molecule has 2 N–H and O–H groups in total. The largest absolute Gasteiger partial charge is 0.495 e. The second-order valence-corrected chi connectivity index (χ2v) is 8.38. The molecule has 2 aromatic carbocycles. The fourth-order valence-corrected chi connectivity index (χ4v) is 4.27. The van der Waals surface area contributed by atoms with Crippen molar-refractivity contribution < 1.29 is 28.6 Å². The highest BCUT2D eigenvalue weighted by Gasteiger charge is 2.27. The molecular formula is C24H23ClN2O6S. The van der Waals surface area contributed by atoms with E-state index >= 15 is 0 Å². The second kappa shape index (κ2) is 11.5. The number of esters is 1. The molecule has 0 atom stereocenters. The zero-order chi connectivity index (χ0) is 24.7. The van der Waals surface area contributed by atoms with Gasteiger partial charge in [-0.1, -0.05) is 23.7 Å². The van der Waals surface area contributed by atoms with Crippen molar-refractivity contribution >= 4 is 51.4 Å². The molecule has 0 bridgehead atoms. The second-order valence-electron chi connectivity index (χ2n) is 6.93. The van der Waals surface area contributed by atoms with Crippen LogP contribution in [0.3, 0.4) is 0 Å². The van der Waals surface area contributed by atoms with Gasteiger partial charge < -0.3 is 24.8 Å². The standard InChI is InChI=1S/C24H23ClN2O6S/c1-4-32-24(30)20-14(2)21(22(29)26-17-7-5-6-8-18(17)31-3)34-23(20)27-19(28)13-33-16-11-9-15(25)10-12-16/h5-12H,4,13H2,1-3H3,(H,26,29)(H,27,28). The quantitative estimate of drug-likeness (QED) is 0.391. The Morgan fingerprint density at radius 1 is 1.03 bits per heavy atom. The van der Waals surface area contributed by atoms with Crippen molar-refractivity contribution in [3.05, 3.63) is 69.6 Å². The number of methoxy groups -OCH3 is 1. The Morgan fingerprint density at radius 3 is 2.41 bits per heavy atom. The smallest absolute Gasteiger partial charge is 0.341 e. The van der Waals surface area contributed by atoms with Gasteiger partial charge in [-0.3, -0.25) is 9.59 Å². The van der Waals surface area contributed by atoms with E-state index in [2.05, 4.69) is 10.6 Å². The summed E-state index contributed by atoms with van der Waals surface area (Å²) in [6, 6.07) is 13.5. The number of para-hydroxylation sites is 2. The van der Waals surface area contributed by atoms with Gasteiger partial charge in [-0.2, -0.15) is 0 Å². The lowest BCUT2D eigenvalue weighted by atomic mass is 10.1. The van der Waals surface area contributed by atoms with Gasteiger partial charge in [-0.25, -0.2) is 4.79 Å². The first kappa shape index (κ1) is 25.1. The molecule has 1 aromatic heterocycles. The van der Waals surface area contributed by atoms with Crippen LogP contribution in [-0.4, -0.2) is 38.1 Å². The average Bonchev–Trinajstić information content (AvgIpc) is 3.14. The number of nitrogens with one attached hydrogen (secondary N) is 2. The number of ether oxygens (including phenoxy) is 3. The minimum Gasteiger partial charge on any atom is -0.495 e. The van der Waals surface area contributed by atoms with Gasteiger partial charge in [0.1, 0.15) is 16.5 Å². The summed E-state index contributed by atoms with van der Waals surface area (Å²) in [4.78, 5) is 38.4. The molecule has 0 radical (unpaired) electrons. The monoisotopic (exact) mass is 502 g/mol. The van der Waals surface area contributed by atoms with E-state index in [0.29, 0.717) is 27.8 Å². The van der Waals surface area contributed by atoms with Gasteiger partial charge in [0.25, 0.3) is 11.8 Å². The number of rotatable bonds is 9. The molecule has 0 aliphatic carbocycles. The topological polar surface area (TPSA) is 103 Å². The third kappa shape index (κ3) is 6.06. The normalized spacial score (nSPS) is 10.4. The Morgan fingerprint density at radius 2 is 1.74 bits per heavy atom. The summed E-state index contributed by atoms with van der Waals surface area (Å²) in [6.07, 6.45) is 0. The number of hydrogen-bond donors (Lipinski definition) is 2. The van der Waals surface area contributed by atoms with Crippen LogP contribution in [0, 0.1) is 6.92 Å². The minimum atomic E-state index is -0.637. The first-order valence-electron chi connectivity index (χ1n) is 10.3. The fourth-order valence-electron chi connectivity index (χ4n) is 3.04. The Kier molecular flexibility index (Phi) is 8.50. The Hall–Kier alpha value is -3.56. The van der Waals surface area contributed by atoms with Crippen LogP contribution in [0.15, 0.2) is 48.5 Å². The lowest BCUT2D eigenvalue weighted by Crippen LogP contribution is -2.21. The third-order valence-electron chi connectivity index (χ3n) is 4.62. The van der Waals surface area contributed by atoms with Gasteiger partial charge in [0.05, 0.1) is 29.8 Å². The Balaban J connectivity index is 1.82. The molecule has 0 saturated heterocycles. The summed E-state index contributed by atoms with van der Waals surface area (Å²) in [6.45, 7) is 3.14. The summed E-state index contributed by atoms with van der Waals surface area (Å²) in [7, 11) is 1.50. The van der Waals surface area contributed by atoms with Gasteiger partial charge in [0, 0.05) is 5.02 Å². The average molecular weight is 503 g/mol. The molecule has 0 unspecified atom stereocenters. The predicted octanol–water partition coefficient (Wildman–Crippen LogP) is 5.17. The molecular weight excluding hydrogens is 480 g/mol. The number of hydrogen-bond acceptors (Lipinski definition) is 7. The lowest BCUT2D eigenvalue weighted by Gasteiger charge is -2.09. The van der Waals surface area contributed by atoms with Gasteiger partial charge in [-0.15, -0.1) is 11.3 Å². The minimum absolute atomic E-state index is 0.122. The van der Waals surface area contributed by atoms with Crippen LogP contribution in [0.4, 0.5) is 10.7 Å². The number of anilines is 2. The van der Waals surface area contributed by atoms with E-state index in [1.54, 1.807) is 62.4 Å². The molecule has 34 heavy (non-hydrogen) atoms. The first-order valence-corrected chi connectivity index (χ1v) is 11.5. The highest BCUT2D eigenvalue weighted by Crippen LogP contribution is 2.35. The highest BCUT2D eigenvalue weighted by atomic mass is 35.5. The maximum absolute atomic E-state index is 13.0. The summed E-state index contributed by atoms with van der Waals surface area (Å²) in [5.74, 6) is -0.636. The molecule has 0 aliphatic heterocycles. The van der Waals surface area contributed by atoms with E-state index in [9.17, 15) is 14.4 Å². The van der Waals surface area contributed by atoms with Crippen LogP contribution < -0.4 is 20.1 Å². The van der Waals surface area contributed by atoms with Crippen LogP contribution >= 0.6 is 22.9 Å². The number of carbonyl (C=O) groups excluding carboxylic acids is 3. The SMILES string of the molecule is CCOC(=O)c1c(NC(=O)COc2ccc(Cl)cc2)sc(C(=O)Nc2ccccc2OC)c1C. The summed E-state index contributed by atoms with van der Waals surface area (Å²) < 4.78 is 15.9. The molecule has 0 fully saturated rings. The van der Waals surface area contributed by atoms with E-state index < -0.39 is 17.8 Å². The third-order valence-corrected chi connectivity index (χ3v) is 6.08. The molecule has 10 heteroatoms. The van der Waals surface area contributed by atoms with Gasteiger partial charge in [0.15, 0.2) is 6.61 Å². The number of thiophene rings is 1. The zero-order valence-electron chi connectivity index (χ0n) is 18.8. The van der Waals surface area contributed by atoms with Crippen molar-refractivity contribution in [3.8, 4) is 11.5 Å². The zero-order valence-corrected chi connectivity index (χ0v) is 20.3. The molecule has 178 valence electrons. The van der Waals surface area contributed by atoms with Crippen LogP contribution in [-0.2, 0) is 9.53 Å². The fraction of sp³-hybridized carbons (Fsp3) is 0.208. The van der Waals surface area contributed by atoms with Crippen LogP contribution in [0.1, 0.15) is 32.5 Å². The number of halogens is 1. The van der Waals surface area contributed by atoms with Crippen molar-refractivity contribution in [2.45, 2.75) is 13.8 Å². The Bertz CT molecular complexity index is 1190. The lowest BCUT2D eigenvalue weighted by molar-refractivity contribution is -0.118. The van der Waals surface area contributed by atoms with Crippen LogP contribution in [0.2, 0.25) is 5.02 Å². The maximum atomic E-state index is 13.0. The van der Waals surface area contributed by atoms with Crippen LogP contribution in [0.25, 0.3) is 0 Å². The van der Waals surface area contributed by atoms with Gasteiger partial charge >= 0.3 is 5.97 Å². The van der Waals surface area contributed by atoms with E-state index in [4.69, 9.17) is 25.8 Å². The van der Waals surface area contributed by atoms with E-state index in [0.717, 1.165) is 11.3 Å². The molecule has 1 heterocycles. The van der Waals surface area contributed by atoms with Crippen molar-refractivity contribution in [2.24, 2.45) is 0 Å². The van der Waals surface area contributed by atoms with Crippen molar-refractivity contribution in [3.63, 3.8) is 0 Å². The van der Waals surface area contributed by atoms with E-state index in [1.807, 2.05) is 0 Å².